The van der Waals surface area contributed by atoms with Gasteiger partial charge >= 0.3 is 0 Å². The Morgan fingerprint density at radius 2 is 1.79 bits per heavy atom. The number of rotatable bonds is 5. The van der Waals surface area contributed by atoms with Crippen molar-refractivity contribution in [3.8, 4) is 0 Å². The maximum Gasteiger partial charge on any atom is 0.0292 e. The van der Waals surface area contributed by atoms with Crippen LogP contribution in [0, 0.1) is 0 Å². The topological polar surface area (TPSA) is 18.5 Å². The van der Waals surface area contributed by atoms with Gasteiger partial charge in [0.05, 0.1) is 0 Å². The average Bonchev–Trinajstić information content (AvgIpc) is 2.41. The van der Waals surface area contributed by atoms with Crippen molar-refractivity contribution in [1.82, 2.24) is 15.1 Å². The van der Waals surface area contributed by atoms with Crippen molar-refractivity contribution < 1.29 is 0 Å². The first-order valence-electron chi connectivity index (χ1n) is 7.05. The highest BCUT2D eigenvalue weighted by atomic mass is 79.9. The van der Waals surface area contributed by atoms with E-state index in [-0.39, 0.29) is 0 Å². The van der Waals surface area contributed by atoms with Gasteiger partial charge in [-0.25, -0.2) is 0 Å². The Bertz CT molecular complexity index is 371. The molecular formula is C15H24BrN3. The molecule has 1 unspecified atom stereocenters. The number of halogens is 1. The first-order chi connectivity index (χ1) is 9.15. The second-order valence-corrected chi connectivity index (χ2v) is 6.29. The van der Waals surface area contributed by atoms with E-state index in [4.69, 9.17) is 0 Å². The molecule has 1 aromatic rings. The fraction of sp³-hybridized carbons (Fsp3) is 0.600. The molecule has 1 fully saturated rings. The van der Waals surface area contributed by atoms with E-state index in [2.05, 4.69) is 69.3 Å². The summed E-state index contributed by atoms with van der Waals surface area (Å²) in [6, 6.07) is 8.98. The van der Waals surface area contributed by atoms with Gasteiger partial charge in [-0.2, -0.15) is 0 Å². The number of hydrogen-bond donors (Lipinski definition) is 1. The van der Waals surface area contributed by atoms with E-state index >= 15 is 0 Å². The lowest BCUT2D eigenvalue weighted by atomic mass is 10.1. The van der Waals surface area contributed by atoms with Gasteiger partial charge < -0.3 is 10.2 Å². The number of piperazine rings is 1. The van der Waals surface area contributed by atoms with E-state index in [9.17, 15) is 0 Å². The third-order valence-corrected chi connectivity index (χ3v) is 4.37. The molecule has 0 bridgehead atoms. The van der Waals surface area contributed by atoms with Crippen molar-refractivity contribution in [2.75, 3.05) is 46.3 Å². The Morgan fingerprint density at radius 1 is 1.16 bits per heavy atom. The SMILES string of the molecule is CC(NCCN1CCN(C)CC1)c1ccc(Br)cc1. The Hall–Kier alpha value is -0.420. The van der Waals surface area contributed by atoms with Gasteiger partial charge in [0.25, 0.3) is 0 Å². The average molecular weight is 326 g/mol. The van der Waals surface area contributed by atoms with Gasteiger partial charge in [0, 0.05) is 49.8 Å². The monoisotopic (exact) mass is 325 g/mol. The zero-order valence-corrected chi connectivity index (χ0v) is 13.5. The molecule has 19 heavy (non-hydrogen) atoms. The number of hydrogen-bond acceptors (Lipinski definition) is 3. The fourth-order valence-electron chi connectivity index (χ4n) is 2.38. The summed E-state index contributed by atoms with van der Waals surface area (Å²) in [5, 5.41) is 3.61. The predicted molar refractivity (Wildman–Crippen MR) is 84.5 cm³/mol. The highest BCUT2D eigenvalue weighted by Gasteiger charge is 2.13. The van der Waals surface area contributed by atoms with Crippen LogP contribution in [0.2, 0.25) is 0 Å². The molecule has 0 radical (unpaired) electrons. The summed E-state index contributed by atoms with van der Waals surface area (Å²) in [4.78, 5) is 4.94. The first-order valence-corrected chi connectivity index (χ1v) is 7.84. The van der Waals surface area contributed by atoms with Crippen LogP contribution in [0.4, 0.5) is 0 Å². The molecule has 106 valence electrons. The molecule has 4 heteroatoms. The van der Waals surface area contributed by atoms with Crippen molar-refractivity contribution in [1.29, 1.82) is 0 Å². The Balaban J connectivity index is 1.69. The van der Waals surface area contributed by atoms with Crippen LogP contribution in [0.1, 0.15) is 18.5 Å². The zero-order chi connectivity index (χ0) is 13.7. The summed E-state index contributed by atoms with van der Waals surface area (Å²) in [7, 11) is 2.20. The van der Waals surface area contributed by atoms with Crippen LogP contribution in [0.3, 0.4) is 0 Å². The molecule has 0 amide bonds. The van der Waals surface area contributed by atoms with Gasteiger partial charge in [-0.3, -0.25) is 4.90 Å². The minimum atomic E-state index is 0.417. The molecule has 1 aromatic carbocycles. The standard InChI is InChI=1S/C15H24BrN3/c1-13(14-3-5-15(16)6-4-14)17-7-8-19-11-9-18(2)10-12-19/h3-6,13,17H,7-12H2,1-2H3. The molecule has 1 aliphatic rings. The summed E-state index contributed by atoms with van der Waals surface area (Å²) in [5.74, 6) is 0. The second kappa shape index (κ2) is 7.39. The van der Waals surface area contributed by atoms with Crippen LogP contribution in [-0.2, 0) is 0 Å². The highest BCUT2D eigenvalue weighted by Crippen LogP contribution is 2.16. The summed E-state index contributed by atoms with van der Waals surface area (Å²) >= 11 is 3.47. The molecule has 0 saturated carbocycles. The number of nitrogens with one attached hydrogen (secondary N) is 1. The van der Waals surface area contributed by atoms with Crippen molar-refractivity contribution in [2.24, 2.45) is 0 Å². The predicted octanol–water partition coefficient (Wildman–Crippen LogP) is 2.35. The van der Waals surface area contributed by atoms with Crippen molar-refractivity contribution in [2.45, 2.75) is 13.0 Å². The van der Waals surface area contributed by atoms with Crippen LogP contribution in [0.25, 0.3) is 0 Å². The molecule has 1 N–H and O–H groups in total. The summed E-state index contributed by atoms with van der Waals surface area (Å²) in [6.07, 6.45) is 0. The van der Waals surface area contributed by atoms with Crippen LogP contribution in [-0.4, -0.2) is 56.1 Å². The molecular weight excluding hydrogens is 302 g/mol. The minimum Gasteiger partial charge on any atom is -0.309 e. The van der Waals surface area contributed by atoms with Crippen LogP contribution >= 0.6 is 15.9 Å². The summed E-state index contributed by atoms with van der Waals surface area (Å²) in [6.45, 7) is 9.23. The fourth-order valence-corrected chi connectivity index (χ4v) is 2.64. The maximum atomic E-state index is 3.61. The van der Waals surface area contributed by atoms with E-state index in [1.165, 1.54) is 31.7 Å². The van der Waals surface area contributed by atoms with E-state index in [0.717, 1.165) is 17.6 Å². The van der Waals surface area contributed by atoms with Gasteiger partial charge in [-0.1, -0.05) is 28.1 Å². The van der Waals surface area contributed by atoms with Crippen LogP contribution < -0.4 is 5.32 Å². The molecule has 0 aromatic heterocycles. The first kappa shape index (κ1) is 15.0. The van der Waals surface area contributed by atoms with Gasteiger partial charge in [0.15, 0.2) is 0 Å². The van der Waals surface area contributed by atoms with E-state index in [1.807, 2.05) is 0 Å². The van der Waals surface area contributed by atoms with E-state index in [1.54, 1.807) is 0 Å². The number of nitrogens with zero attached hydrogens (tertiary/aromatic N) is 2. The minimum absolute atomic E-state index is 0.417. The third kappa shape index (κ3) is 4.88. The lowest BCUT2D eigenvalue weighted by Crippen LogP contribution is -2.46. The van der Waals surface area contributed by atoms with Crippen molar-refractivity contribution in [3.63, 3.8) is 0 Å². The largest absolute Gasteiger partial charge is 0.309 e. The van der Waals surface area contributed by atoms with Gasteiger partial charge in [0.1, 0.15) is 0 Å². The molecule has 1 heterocycles. The van der Waals surface area contributed by atoms with E-state index in [0.29, 0.717) is 6.04 Å². The Labute approximate surface area is 125 Å². The second-order valence-electron chi connectivity index (χ2n) is 5.37. The smallest absolute Gasteiger partial charge is 0.0292 e. The maximum absolute atomic E-state index is 3.61. The highest BCUT2D eigenvalue weighted by molar-refractivity contribution is 9.10. The molecule has 3 nitrogen and oxygen atoms in total. The third-order valence-electron chi connectivity index (χ3n) is 3.84. The molecule has 2 rings (SSSR count). The van der Waals surface area contributed by atoms with Crippen LogP contribution in [0.15, 0.2) is 28.7 Å². The lowest BCUT2D eigenvalue weighted by molar-refractivity contribution is 0.154. The summed E-state index contributed by atoms with van der Waals surface area (Å²) < 4.78 is 1.14. The molecule has 1 atom stereocenters. The number of likely N-dealkylation sites (N-methyl/N-ethyl adjacent to an activating group) is 1. The molecule has 0 spiro atoms. The molecule has 1 aliphatic heterocycles. The summed E-state index contributed by atoms with van der Waals surface area (Å²) in [5.41, 5.74) is 1.35. The van der Waals surface area contributed by atoms with Crippen LogP contribution in [0.5, 0.6) is 0 Å². The van der Waals surface area contributed by atoms with Crippen molar-refractivity contribution >= 4 is 15.9 Å². The Kier molecular flexibility index (Phi) is 5.82. The number of benzene rings is 1. The van der Waals surface area contributed by atoms with Gasteiger partial charge in [-0.05, 0) is 31.7 Å². The quantitative estimate of drug-likeness (QED) is 0.896. The molecule has 1 saturated heterocycles. The lowest BCUT2D eigenvalue weighted by Gasteiger charge is -2.32. The van der Waals surface area contributed by atoms with E-state index < -0.39 is 0 Å². The zero-order valence-electron chi connectivity index (χ0n) is 11.9. The van der Waals surface area contributed by atoms with Gasteiger partial charge in [-0.15, -0.1) is 0 Å². The Morgan fingerprint density at radius 3 is 2.42 bits per heavy atom. The van der Waals surface area contributed by atoms with Crippen molar-refractivity contribution in [3.05, 3.63) is 34.3 Å². The normalized spacial score (nSPS) is 19.5. The van der Waals surface area contributed by atoms with Gasteiger partial charge in [0.2, 0.25) is 0 Å². The molecule has 0 aliphatic carbocycles.